The molecule has 2 N–H and O–H groups in total. The quantitative estimate of drug-likeness (QED) is 0.205. The number of benzene rings is 1. The summed E-state index contributed by atoms with van der Waals surface area (Å²) in [6.45, 7) is -0.166. The number of hydrogen-bond acceptors (Lipinski definition) is 4. The summed E-state index contributed by atoms with van der Waals surface area (Å²) in [7, 11) is 0. The van der Waals surface area contributed by atoms with Crippen molar-refractivity contribution in [2.75, 3.05) is 13.2 Å². The van der Waals surface area contributed by atoms with Crippen molar-refractivity contribution in [1.29, 1.82) is 0 Å². The molecule has 7 heteroatoms. The second-order valence-electron chi connectivity index (χ2n) is 3.42. The van der Waals surface area contributed by atoms with E-state index in [1.165, 1.54) is 0 Å². The zero-order valence-electron chi connectivity index (χ0n) is 9.61. The number of aliphatic imine (C=N–C) groups is 1. The number of hydrogen-bond donors (Lipinski definition) is 2. The van der Waals surface area contributed by atoms with Crippen LogP contribution in [-0.4, -0.2) is 35.4 Å². The van der Waals surface area contributed by atoms with E-state index in [0.717, 1.165) is 12.3 Å². The molecular weight excluding hydrogens is 371 g/mol. The van der Waals surface area contributed by atoms with Crippen LogP contribution in [0.4, 0.5) is 8.78 Å². The zero-order valence-corrected chi connectivity index (χ0v) is 11.8. The highest BCUT2D eigenvalue weighted by Crippen LogP contribution is 2.19. The maximum absolute atomic E-state index is 13.5. The Bertz CT molecular complexity index is 544. The number of Topliss-reactive ketones (excluding diaryl/α,β-unsaturated/α-hetero) is 1. The zero-order chi connectivity index (χ0) is 14.4. The Hall–Kier alpha value is -1.35. The second kappa shape index (κ2) is 7.29. The summed E-state index contributed by atoms with van der Waals surface area (Å²) in [5.74, 6) is -2.60. The van der Waals surface area contributed by atoms with Crippen LogP contribution in [0.3, 0.4) is 0 Å². The van der Waals surface area contributed by atoms with Gasteiger partial charge in [0.2, 0.25) is 5.78 Å². The Balaban J connectivity index is 3.08. The van der Waals surface area contributed by atoms with Crippen molar-refractivity contribution in [2.45, 2.75) is 0 Å². The van der Waals surface area contributed by atoms with Crippen LogP contribution in [0.2, 0.25) is 0 Å². The summed E-state index contributed by atoms with van der Waals surface area (Å²) in [6.07, 6.45) is 1.51. The van der Waals surface area contributed by atoms with E-state index < -0.39 is 17.4 Å². The van der Waals surface area contributed by atoms with Gasteiger partial charge in [0.15, 0.2) is 0 Å². The van der Waals surface area contributed by atoms with Crippen LogP contribution in [0.15, 0.2) is 29.0 Å². The third-order valence-electron chi connectivity index (χ3n) is 2.12. The Labute approximate surface area is 121 Å². The van der Waals surface area contributed by atoms with Gasteiger partial charge in [-0.05, 0) is 28.7 Å². The van der Waals surface area contributed by atoms with Gasteiger partial charge in [0.1, 0.15) is 11.6 Å². The van der Waals surface area contributed by atoms with Gasteiger partial charge in [0, 0.05) is 15.9 Å². The topological polar surface area (TPSA) is 69.9 Å². The molecule has 102 valence electrons. The third kappa shape index (κ3) is 4.06. The highest BCUT2D eigenvalue weighted by Gasteiger charge is 2.18. The monoisotopic (exact) mass is 381 g/mol. The lowest BCUT2D eigenvalue weighted by Crippen LogP contribution is -2.09. The second-order valence-corrected chi connectivity index (χ2v) is 4.58. The van der Waals surface area contributed by atoms with E-state index in [1.807, 2.05) is 0 Å². The minimum atomic E-state index is -1.02. The molecule has 1 rings (SSSR count). The highest BCUT2D eigenvalue weighted by atomic mass is 127. The average molecular weight is 381 g/mol. The van der Waals surface area contributed by atoms with Gasteiger partial charge >= 0.3 is 0 Å². The molecule has 0 aliphatic carbocycles. The van der Waals surface area contributed by atoms with Crippen molar-refractivity contribution < 1.29 is 23.8 Å². The number of aliphatic hydroxyl groups excluding tert-OH is 2. The van der Waals surface area contributed by atoms with E-state index >= 15 is 0 Å². The van der Waals surface area contributed by atoms with E-state index in [-0.39, 0.29) is 27.9 Å². The molecule has 0 aliphatic heterocycles. The van der Waals surface area contributed by atoms with Gasteiger partial charge in [-0.15, -0.1) is 0 Å². The van der Waals surface area contributed by atoms with Crippen LogP contribution >= 0.6 is 22.6 Å². The van der Waals surface area contributed by atoms with E-state index in [2.05, 4.69) is 4.99 Å². The molecule has 0 saturated carbocycles. The number of aliphatic hydroxyl groups is 2. The fraction of sp³-hybridized carbons (Fsp3) is 0.167. The molecule has 4 nitrogen and oxygen atoms in total. The maximum Gasteiger partial charge on any atom is 0.200 e. The van der Waals surface area contributed by atoms with Gasteiger partial charge in [-0.2, -0.15) is 0 Å². The first kappa shape index (κ1) is 15.7. The predicted octanol–water partition coefficient (Wildman–Crippen LogP) is 2.26. The SMILES string of the molecule is O=C(C(C=NCCO)=CO)c1cc(I)c(F)cc1F. The van der Waals surface area contributed by atoms with Crippen molar-refractivity contribution in [1.82, 2.24) is 0 Å². The molecule has 0 aliphatic rings. The summed E-state index contributed by atoms with van der Waals surface area (Å²) in [5, 5.41) is 17.5. The molecule has 0 amide bonds. The number of carbonyl (C=O) groups is 1. The summed E-state index contributed by atoms with van der Waals surface area (Å²) in [5.41, 5.74) is -0.615. The largest absolute Gasteiger partial charge is 0.515 e. The Kier molecular flexibility index (Phi) is 6.03. The smallest absolute Gasteiger partial charge is 0.200 e. The molecule has 0 fully saturated rings. The van der Waals surface area contributed by atoms with Crippen molar-refractivity contribution in [3.63, 3.8) is 0 Å². The molecule has 0 unspecified atom stereocenters. The first-order valence-corrected chi connectivity index (χ1v) is 6.23. The molecule has 0 aromatic heterocycles. The lowest BCUT2D eigenvalue weighted by Gasteiger charge is -2.04. The lowest BCUT2D eigenvalue weighted by molar-refractivity contribution is 0.103. The summed E-state index contributed by atoms with van der Waals surface area (Å²) in [4.78, 5) is 15.6. The van der Waals surface area contributed by atoms with Crippen LogP contribution in [0.1, 0.15) is 10.4 Å². The summed E-state index contributed by atoms with van der Waals surface area (Å²) < 4.78 is 26.7. The Morgan fingerprint density at radius 1 is 1.37 bits per heavy atom. The molecule has 1 aromatic rings. The van der Waals surface area contributed by atoms with E-state index in [1.54, 1.807) is 22.6 Å². The standard InChI is InChI=1S/C12H10F2INO3/c13-9-4-10(14)11(15)3-8(9)12(19)7(6-18)5-16-1-2-17/h3-6,17-18H,1-2H2. The first-order valence-electron chi connectivity index (χ1n) is 5.15. The number of halogens is 3. The summed E-state index contributed by atoms with van der Waals surface area (Å²) >= 11 is 1.63. The molecule has 0 spiro atoms. The van der Waals surface area contributed by atoms with Gasteiger partial charge in [-0.1, -0.05) is 0 Å². The van der Waals surface area contributed by atoms with Crippen LogP contribution in [0.25, 0.3) is 0 Å². The van der Waals surface area contributed by atoms with Gasteiger partial charge in [-0.25, -0.2) is 8.78 Å². The fourth-order valence-corrected chi connectivity index (χ4v) is 1.69. The third-order valence-corrected chi connectivity index (χ3v) is 2.94. The number of carbonyl (C=O) groups excluding carboxylic acids is 1. The van der Waals surface area contributed by atoms with Crippen LogP contribution < -0.4 is 0 Å². The molecular formula is C12H10F2INO3. The number of nitrogens with zero attached hydrogens (tertiary/aromatic N) is 1. The van der Waals surface area contributed by atoms with E-state index in [4.69, 9.17) is 10.2 Å². The van der Waals surface area contributed by atoms with Gasteiger partial charge < -0.3 is 10.2 Å². The predicted molar refractivity (Wildman–Crippen MR) is 74.6 cm³/mol. The van der Waals surface area contributed by atoms with Crippen LogP contribution in [-0.2, 0) is 0 Å². The summed E-state index contributed by atoms with van der Waals surface area (Å²) in [6, 6.07) is 1.66. The first-order chi connectivity index (χ1) is 9.01. The normalized spacial score (nSPS) is 12.1. The average Bonchev–Trinajstić information content (AvgIpc) is 2.38. The molecule has 1 aromatic carbocycles. The van der Waals surface area contributed by atoms with Crippen molar-refractivity contribution in [3.05, 3.63) is 44.7 Å². The molecule has 0 saturated heterocycles. The molecule has 0 heterocycles. The van der Waals surface area contributed by atoms with Crippen molar-refractivity contribution in [3.8, 4) is 0 Å². The molecule has 0 radical (unpaired) electrons. The molecule has 0 bridgehead atoms. The maximum atomic E-state index is 13.5. The number of allylic oxidation sites excluding steroid dienone is 1. The van der Waals surface area contributed by atoms with Crippen LogP contribution in [0, 0.1) is 15.2 Å². The molecule has 19 heavy (non-hydrogen) atoms. The van der Waals surface area contributed by atoms with Gasteiger partial charge in [0.05, 0.1) is 30.6 Å². The van der Waals surface area contributed by atoms with Crippen LogP contribution in [0.5, 0.6) is 0 Å². The number of ketones is 1. The minimum Gasteiger partial charge on any atom is -0.515 e. The highest BCUT2D eigenvalue weighted by molar-refractivity contribution is 14.1. The Morgan fingerprint density at radius 3 is 2.63 bits per heavy atom. The van der Waals surface area contributed by atoms with E-state index in [9.17, 15) is 13.6 Å². The van der Waals surface area contributed by atoms with Gasteiger partial charge in [0.25, 0.3) is 0 Å². The van der Waals surface area contributed by atoms with Crippen molar-refractivity contribution in [2.24, 2.45) is 4.99 Å². The fourth-order valence-electron chi connectivity index (χ4n) is 1.22. The van der Waals surface area contributed by atoms with Gasteiger partial charge in [-0.3, -0.25) is 9.79 Å². The van der Waals surface area contributed by atoms with E-state index in [0.29, 0.717) is 12.3 Å². The Morgan fingerprint density at radius 2 is 2.05 bits per heavy atom. The number of rotatable bonds is 5. The van der Waals surface area contributed by atoms with Crippen molar-refractivity contribution >= 4 is 34.6 Å². The minimum absolute atomic E-state index is 0.0497. The lowest BCUT2D eigenvalue weighted by atomic mass is 10.0. The molecule has 0 atom stereocenters.